The summed E-state index contributed by atoms with van der Waals surface area (Å²) in [6, 6.07) is 6.60. The molecule has 1 saturated carbocycles. The minimum Gasteiger partial charge on any atom is -0.367 e. The van der Waals surface area contributed by atoms with Gasteiger partial charge in [-0.15, -0.1) is 0 Å². The number of hydrogen-bond donors (Lipinski definition) is 0. The molecule has 84 valence electrons. The lowest BCUT2D eigenvalue weighted by atomic mass is 10.1. The van der Waals surface area contributed by atoms with Gasteiger partial charge in [-0.25, -0.2) is 0 Å². The summed E-state index contributed by atoms with van der Waals surface area (Å²) in [7, 11) is 0. The fourth-order valence-electron chi connectivity index (χ4n) is 3.05. The molecule has 1 saturated heterocycles. The van der Waals surface area contributed by atoms with Crippen molar-refractivity contribution in [1.82, 2.24) is 0 Å². The largest absolute Gasteiger partial charge is 0.367 e. The lowest BCUT2D eigenvalue weighted by Crippen LogP contribution is -2.32. The topological polar surface area (TPSA) is 20.3 Å². The number of carbonyl (C=O) groups excluding carboxylic acids is 1. The first-order chi connectivity index (χ1) is 7.78. The zero-order chi connectivity index (χ0) is 11.1. The maximum Gasteiger partial charge on any atom is 0.150 e. The molecule has 0 N–H and O–H groups in total. The van der Waals surface area contributed by atoms with E-state index in [0.717, 1.165) is 28.3 Å². The third-order valence-corrected chi connectivity index (χ3v) is 4.46. The van der Waals surface area contributed by atoms with E-state index in [-0.39, 0.29) is 0 Å². The Morgan fingerprint density at radius 1 is 1.38 bits per heavy atom. The average molecular weight is 280 g/mol. The van der Waals surface area contributed by atoms with Crippen LogP contribution in [-0.4, -0.2) is 18.9 Å². The normalized spacial score (nSPS) is 27.4. The average Bonchev–Trinajstić information content (AvgIpc) is 2.90. The Labute approximate surface area is 104 Å². The molecule has 0 aromatic heterocycles. The maximum absolute atomic E-state index is 10.7. The Bertz CT molecular complexity index is 432. The van der Waals surface area contributed by atoms with Crippen LogP contribution in [-0.2, 0) is 0 Å². The molecule has 1 aromatic rings. The molecule has 2 bridgehead atoms. The van der Waals surface area contributed by atoms with Crippen LogP contribution in [0.5, 0.6) is 0 Å². The molecule has 1 heterocycles. The summed E-state index contributed by atoms with van der Waals surface area (Å²) in [5, 5.41) is 0. The molecule has 0 spiro atoms. The Morgan fingerprint density at radius 2 is 2.25 bits per heavy atom. The van der Waals surface area contributed by atoms with Gasteiger partial charge in [0.1, 0.15) is 6.29 Å². The molecule has 1 aromatic carbocycles. The number of piperidine rings is 1. The lowest BCUT2D eigenvalue weighted by molar-refractivity contribution is 0.112. The highest BCUT2D eigenvalue weighted by Crippen LogP contribution is 2.42. The molecule has 2 fully saturated rings. The van der Waals surface area contributed by atoms with E-state index < -0.39 is 0 Å². The molecule has 2 atom stereocenters. The minimum atomic E-state index is 0.725. The van der Waals surface area contributed by atoms with Gasteiger partial charge in [0.15, 0.2) is 0 Å². The van der Waals surface area contributed by atoms with Gasteiger partial charge in [0.05, 0.1) is 5.69 Å². The number of nitrogens with zero attached hydrogens (tertiary/aromatic N) is 1. The Balaban J connectivity index is 1.92. The monoisotopic (exact) mass is 279 g/mol. The van der Waals surface area contributed by atoms with Crippen molar-refractivity contribution in [2.75, 3.05) is 11.4 Å². The van der Waals surface area contributed by atoms with Crippen LogP contribution in [0.4, 0.5) is 5.69 Å². The van der Waals surface area contributed by atoms with E-state index in [0.29, 0.717) is 0 Å². The molecule has 3 rings (SSSR count). The van der Waals surface area contributed by atoms with Crippen molar-refractivity contribution in [3.63, 3.8) is 0 Å². The van der Waals surface area contributed by atoms with Crippen LogP contribution in [0.2, 0.25) is 0 Å². The van der Waals surface area contributed by atoms with Crippen LogP contribution in [0.25, 0.3) is 0 Å². The fourth-order valence-corrected chi connectivity index (χ4v) is 3.67. The SMILES string of the molecule is O=Cc1ccc(N2CC3CCC2C3)c(Br)c1. The number of rotatable bonds is 2. The number of anilines is 1. The van der Waals surface area contributed by atoms with Crippen molar-refractivity contribution < 1.29 is 4.79 Å². The third-order valence-electron chi connectivity index (χ3n) is 3.83. The second-order valence-corrected chi connectivity index (χ2v) is 5.67. The van der Waals surface area contributed by atoms with Crippen molar-refractivity contribution in [3.05, 3.63) is 28.2 Å². The van der Waals surface area contributed by atoms with E-state index in [1.807, 2.05) is 12.1 Å². The molecule has 2 nitrogen and oxygen atoms in total. The zero-order valence-corrected chi connectivity index (χ0v) is 10.6. The van der Waals surface area contributed by atoms with Gasteiger partial charge >= 0.3 is 0 Å². The molecular weight excluding hydrogens is 266 g/mol. The smallest absolute Gasteiger partial charge is 0.150 e. The predicted molar refractivity (Wildman–Crippen MR) is 68.0 cm³/mol. The summed E-state index contributed by atoms with van der Waals surface area (Å²) in [5.74, 6) is 0.891. The van der Waals surface area contributed by atoms with Gasteiger partial charge in [-0.1, -0.05) is 0 Å². The quantitative estimate of drug-likeness (QED) is 0.775. The van der Waals surface area contributed by atoms with E-state index in [9.17, 15) is 4.79 Å². The highest BCUT2D eigenvalue weighted by Gasteiger charge is 2.38. The highest BCUT2D eigenvalue weighted by molar-refractivity contribution is 9.10. The standard InChI is InChI=1S/C13H14BrNO/c14-12-6-10(8-16)2-4-13(12)15-7-9-1-3-11(15)5-9/h2,4,6,8-9,11H,1,3,5,7H2. The van der Waals surface area contributed by atoms with Gasteiger partial charge in [0.25, 0.3) is 0 Å². The van der Waals surface area contributed by atoms with Gasteiger partial charge in [-0.05, 0) is 59.3 Å². The van der Waals surface area contributed by atoms with E-state index in [4.69, 9.17) is 0 Å². The number of aldehydes is 1. The predicted octanol–water partition coefficient (Wildman–Crippen LogP) is 3.25. The van der Waals surface area contributed by atoms with Crippen molar-refractivity contribution in [1.29, 1.82) is 0 Å². The summed E-state index contributed by atoms with van der Waals surface area (Å²) >= 11 is 3.57. The first kappa shape index (κ1) is 10.3. The lowest BCUT2D eigenvalue weighted by Gasteiger charge is -2.30. The fraction of sp³-hybridized carbons (Fsp3) is 0.462. The summed E-state index contributed by atoms with van der Waals surface area (Å²) < 4.78 is 1.05. The second kappa shape index (κ2) is 3.88. The summed E-state index contributed by atoms with van der Waals surface area (Å²) in [6.45, 7) is 1.18. The van der Waals surface area contributed by atoms with E-state index in [1.165, 1.54) is 31.5 Å². The number of halogens is 1. The van der Waals surface area contributed by atoms with Gasteiger partial charge in [-0.2, -0.15) is 0 Å². The molecule has 1 aliphatic heterocycles. The number of hydrogen-bond acceptors (Lipinski definition) is 2. The molecule has 3 heteroatoms. The van der Waals surface area contributed by atoms with Gasteiger partial charge in [-0.3, -0.25) is 4.79 Å². The molecule has 0 amide bonds. The summed E-state index contributed by atoms with van der Waals surface area (Å²) in [6.07, 6.45) is 4.96. The van der Waals surface area contributed by atoms with Crippen molar-refractivity contribution in [3.8, 4) is 0 Å². The molecule has 16 heavy (non-hydrogen) atoms. The molecular formula is C13H14BrNO. The molecule has 1 aliphatic carbocycles. The van der Waals surface area contributed by atoms with Crippen molar-refractivity contribution >= 4 is 27.9 Å². The molecule has 2 unspecified atom stereocenters. The number of benzene rings is 1. The van der Waals surface area contributed by atoms with Gasteiger partial charge < -0.3 is 4.90 Å². The maximum atomic E-state index is 10.7. The van der Waals surface area contributed by atoms with Crippen LogP contribution < -0.4 is 4.90 Å². The summed E-state index contributed by atoms with van der Waals surface area (Å²) in [5.41, 5.74) is 1.98. The Morgan fingerprint density at radius 3 is 2.81 bits per heavy atom. The van der Waals surface area contributed by atoms with Gasteiger partial charge in [0, 0.05) is 22.6 Å². The summed E-state index contributed by atoms with van der Waals surface area (Å²) in [4.78, 5) is 13.2. The second-order valence-electron chi connectivity index (χ2n) is 4.81. The van der Waals surface area contributed by atoms with Crippen molar-refractivity contribution in [2.45, 2.75) is 25.3 Å². The first-order valence-corrected chi connectivity index (χ1v) is 6.58. The van der Waals surface area contributed by atoms with Crippen LogP contribution in [0, 0.1) is 5.92 Å². The van der Waals surface area contributed by atoms with E-state index >= 15 is 0 Å². The number of carbonyl (C=O) groups is 1. The number of fused-ring (bicyclic) bond motifs is 2. The van der Waals surface area contributed by atoms with Crippen LogP contribution in [0.1, 0.15) is 29.6 Å². The first-order valence-electron chi connectivity index (χ1n) is 5.79. The van der Waals surface area contributed by atoms with Crippen LogP contribution in [0.3, 0.4) is 0 Å². The minimum absolute atomic E-state index is 0.725. The highest BCUT2D eigenvalue weighted by atomic mass is 79.9. The molecule has 2 aliphatic rings. The Hall–Kier alpha value is -0.830. The van der Waals surface area contributed by atoms with Crippen LogP contribution in [0.15, 0.2) is 22.7 Å². The van der Waals surface area contributed by atoms with Crippen LogP contribution >= 0.6 is 15.9 Å². The molecule has 0 radical (unpaired) electrons. The van der Waals surface area contributed by atoms with E-state index in [1.54, 1.807) is 0 Å². The zero-order valence-electron chi connectivity index (χ0n) is 9.03. The van der Waals surface area contributed by atoms with E-state index in [2.05, 4.69) is 26.9 Å². The van der Waals surface area contributed by atoms with Crippen molar-refractivity contribution in [2.24, 2.45) is 5.92 Å². The Kier molecular flexibility index (Phi) is 2.51. The van der Waals surface area contributed by atoms with Gasteiger partial charge in [0.2, 0.25) is 0 Å². The third kappa shape index (κ3) is 1.58.